The molecule has 1 fully saturated rings. The van der Waals surface area contributed by atoms with Gasteiger partial charge in [-0.3, -0.25) is 0 Å². The van der Waals surface area contributed by atoms with E-state index in [0.717, 1.165) is 12.8 Å². The second-order valence-corrected chi connectivity index (χ2v) is 5.81. The summed E-state index contributed by atoms with van der Waals surface area (Å²) in [7, 11) is 4.25. The highest BCUT2D eigenvalue weighted by Gasteiger charge is 2.48. The molecule has 18 heavy (non-hydrogen) atoms. The minimum absolute atomic E-state index is 0.0424. The lowest BCUT2D eigenvalue weighted by atomic mass is 9.94. The predicted molar refractivity (Wildman–Crippen MR) is 75.6 cm³/mol. The van der Waals surface area contributed by atoms with E-state index in [-0.39, 0.29) is 5.54 Å². The van der Waals surface area contributed by atoms with Crippen LogP contribution in [0.1, 0.15) is 30.1 Å². The summed E-state index contributed by atoms with van der Waals surface area (Å²) in [6, 6.07) is 8.79. The molecule has 3 heteroatoms. The molecule has 0 spiro atoms. The van der Waals surface area contributed by atoms with Crippen LogP contribution >= 0.6 is 0 Å². The van der Waals surface area contributed by atoms with Crippen LogP contribution in [0, 0.1) is 6.92 Å². The Morgan fingerprint density at radius 3 is 2.56 bits per heavy atom. The van der Waals surface area contributed by atoms with Gasteiger partial charge in [0.05, 0.1) is 6.04 Å². The molecule has 3 rings (SSSR count). The molecule has 2 aromatic rings. The monoisotopic (exact) mass is 243 g/mol. The summed E-state index contributed by atoms with van der Waals surface area (Å²) in [5.41, 5.74) is 10.3. The van der Waals surface area contributed by atoms with Crippen molar-refractivity contribution in [1.82, 2.24) is 9.88 Å². The molecule has 0 aliphatic heterocycles. The Morgan fingerprint density at radius 2 is 1.94 bits per heavy atom. The Morgan fingerprint density at radius 1 is 1.28 bits per heavy atom. The maximum absolute atomic E-state index is 6.49. The van der Waals surface area contributed by atoms with Crippen molar-refractivity contribution in [2.24, 2.45) is 5.73 Å². The normalized spacial score (nSPS) is 19.4. The molecule has 1 aromatic carbocycles. The first kappa shape index (κ1) is 11.8. The average Bonchev–Trinajstić information content (AvgIpc) is 2.96. The van der Waals surface area contributed by atoms with Crippen LogP contribution in [0.2, 0.25) is 0 Å². The van der Waals surface area contributed by atoms with E-state index in [1.165, 1.54) is 22.2 Å². The van der Waals surface area contributed by atoms with Crippen LogP contribution in [0.4, 0.5) is 0 Å². The van der Waals surface area contributed by atoms with Crippen molar-refractivity contribution < 1.29 is 0 Å². The van der Waals surface area contributed by atoms with Gasteiger partial charge in [-0.25, -0.2) is 0 Å². The summed E-state index contributed by atoms with van der Waals surface area (Å²) in [5.74, 6) is 0. The van der Waals surface area contributed by atoms with Crippen LogP contribution in [0.5, 0.6) is 0 Å². The van der Waals surface area contributed by atoms with E-state index in [1.807, 2.05) is 0 Å². The fourth-order valence-electron chi connectivity index (χ4n) is 3.13. The van der Waals surface area contributed by atoms with E-state index in [2.05, 4.69) is 55.2 Å². The highest BCUT2D eigenvalue weighted by atomic mass is 15.2. The molecule has 1 saturated carbocycles. The lowest BCUT2D eigenvalue weighted by molar-refractivity contribution is 0.246. The van der Waals surface area contributed by atoms with Crippen LogP contribution in [-0.4, -0.2) is 29.5 Å². The molecular formula is C15H21N3. The third-order valence-electron chi connectivity index (χ3n) is 4.11. The number of aromatic nitrogens is 1. The highest BCUT2D eigenvalue weighted by molar-refractivity contribution is 5.85. The van der Waals surface area contributed by atoms with Gasteiger partial charge < -0.3 is 15.6 Å². The van der Waals surface area contributed by atoms with Crippen molar-refractivity contribution in [1.29, 1.82) is 0 Å². The zero-order valence-electron chi connectivity index (χ0n) is 11.3. The summed E-state index contributed by atoms with van der Waals surface area (Å²) in [4.78, 5) is 5.74. The second-order valence-electron chi connectivity index (χ2n) is 5.81. The van der Waals surface area contributed by atoms with Gasteiger partial charge >= 0.3 is 0 Å². The summed E-state index contributed by atoms with van der Waals surface area (Å²) < 4.78 is 0. The smallest absolute Gasteiger partial charge is 0.0546 e. The number of para-hydroxylation sites is 1. The Hall–Kier alpha value is -1.32. The number of benzene rings is 1. The zero-order valence-corrected chi connectivity index (χ0v) is 11.3. The number of aryl methyl sites for hydroxylation is 1. The number of nitrogens with two attached hydrogens (primary N) is 1. The molecule has 1 atom stereocenters. The zero-order chi connectivity index (χ0) is 12.9. The number of nitrogens with one attached hydrogen (secondary N) is 1. The molecule has 1 unspecified atom stereocenters. The molecule has 1 aliphatic carbocycles. The van der Waals surface area contributed by atoms with Crippen LogP contribution in [-0.2, 0) is 0 Å². The van der Waals surface area contributed by atoms with E-state index in [9.17, 15) is 0 Å². The third-order valence-corrected chi connectivity index (χ3v) is 4.11. The Labute approximate surface area is 108 Å². The number of hydrogen-bond donors (Lipinski definition) is 2. The molecule has 0 radical (unpaired) electrons. The summed E-state index contributed by atoms with van der Waals surface area (Å²) in [6.45, 7) is 2.15. The highest BCUT2D eigenvalue weighted by Crippen LogP contribution is 2.48. The molecular weight excluding hydrogens is 222 g/mol. The second kappa shape index (κ2) is 3.84. The Balaban J connectivity index is 2.20. The van der Waals surface area contributed by atoms with E-state index in [1.54, 1.807) is 0 Å². The van der Waals surface area contributed by atoms with Crippen LogP contribution in [0.15, 0.2) is 24.3 Å². The standard InChI is InChI=1S/C15H21N3/c1-10-13(11-6-4-5-7-12(11)17-10)14(18(2)3)15(16)8-9-15/h4-7,14,17H,8-9,16H2,1-3H3. The Bertz CT molecular complexity index is 578. The van der Waals surface area contributed by atoms with Gasteiger partial charge in [0.2, 0.25) is 0 Å². The lowest BCUT2D eigenvalue weighted by Crippen LogP contribution is -2.39. The molecule has 3 N–H and O–H groups in total. The maximum atomic E-state index is 6.49. The van der Waals surface area contributed by atoms with Crippen molar-refractivity contribution >= 4 is 10.9 Å². The van der Waals surface area contributed by atoms with Crippen molar-refractivity contribution in [3.63, 3.8) is 0 Å². The fourth-order valence-corrected chi connectivity index (χ4v) is 3.13. The maximum Gasteiger partial charge on any atom is 0.0546 e. The average molecular weight is 243 g/mol. The predicted octanol–water partition coefficient (Wildman–Crippen LogP) is 2.57. The minimum atomic E-state index is -0.0424. The van der Waals surface area contributed by atoms with Gasteiger partial charge in [-0.1, -0.05) is 18.2 Å². The number of hydrogen-bond acceptors (Lipinski definition) is 2. The van der Waals surface area contributed by atoms with Crippen molar-refractivity contribution in [2.75, 3.05) is 14.1 Å². The summed E-state index contributed by atoms with van der Waals surface area (Å²) in [6.07, 6.45) is 2.24. The molecule has 1 heterocycles. The summed E-state index contributed by atoms with van der Waals surface area (Å²) >= 11 is 0. The topological polar surface area (TPSA) is 45.0 Å². The fraction of sp³-hybridized carbons (Fsp3) is 0.467. The van der Waals surface area contributed by atoms with Gasteiger partial charge in [0.25, 0.3) is 0 Å². The number of fused-ring (bicyclic) bond motifs is 1. The quantitative estimate of drug-likeness (QED) is 0.870. The van der Waals surface area contributed by atoms with Crippen LogP contribution in [0.25, 0.3) is 10.9 Å². The lowest BCUT2D eigenvalue weighted by Gasteiger charge is -2.30. The molecule has 3 nitrogen and oxygen atoms in total. The first-order valence-electron chi connectivity index (χ1n) is 6.55. The van der Waals surface area contributed by atoms with Crippen molar-refractivity contribution in [2.45, 2.75) is 31.3 Å². The number of H-pyrrole nitrogens is 1. The largest absolute Gasteiger partial charge is 0.358 e. The first-order chi connectivity index (χ1) is 8.53. The summed E-state index contributed by atoms with van der Waals surface area (Å²) in [5, 5.41) is 1.31. The van der Waals surface area contributed by atoms with Gasteiger partial charge in [0, 0.05) is 22.1 Å². The number of aromatic amines is 1. The third kappa shape index (κ3) is 1.66. The number of rotatable bonds is 3. The SMILES string of the molecule is Cc1[nH]c2ccccc2c1C(N(C)C)C1(N)CC1. The number of nitrogens with zero attached hydrogens (tertiary/aromatic N) is 1. The van der Waals surface area contributed by atoms with Gasteiger partial charge in [-0.15, -0.1) is 0 Å². The first-order valence-corrected chi connectivity index (χ1v) is 6.55. The van der Waals surface area contributed by atoms with Gasteiger partial charge in [-0.05, 0) is 45.5 Å². The van der Waals surface area contributed by atoms with E-state index in [0.29, 0.717) is 6.04 Å². The van der Waals surface area contributed by atoms with Gasteiger partial charge in [0.1, 0.15) is 0 Å². The molecule has 0 bridgehead atoms. The molecule has 96 valence electrons. The molecule has 1 aromatic heterocycles. The van der Waals surface area contributed by atoms with E-state index >= 15 is 0 Å². The minimum Gasteiger partial charge on any atom is -0.358 e. The number of likely N-dealkylation sites (N-methyl/N-ethyl adjacent to an activating group) is 1. The van der Waals surface area contributed by atoms with Gasteiger partial charge in [0.15, 0.2) is 0 Å². The van der Waals surface area contributed by atoms with E-state index in [4.69, 9.17) is 5.73 Å². The van der Waals surface area contributed by atoms with Gasteiger partial charge in [-0.2, -0.15) is 0 Å². The van der Waals surface area contributed by atoms with E-state index < -0.39 is 0 Å². The van der Waals surface area contributed by atoms with Crippen LogP contribution < -0.4 is 5.73 Å². The molecule has 0 amide bonds. The molecule has 1 aliphatic rings. The Kier molecular flexibility index (Phi) is 2.50. The molecule has 0 saturated heterocycles. The van der Waals surface area contributed by atoms with Crippen molar-refractivity contribution in [3.05, 3.63) is 35.5 Å². The van der Waals surface area contributed by atoms with Crippen LogP contribution in [0.3, 0.4) is 0 Å². The van der Waals surface area contributed by atoms with Crippen molar-refractivity contribution in [3.8, 4) is 0 Å².